The highest BCUT2D eigenvalue weighted by Crippen LogP contribution is 2.27. The van der Waals surface area contributed by atoms with Crippen molar-refractivity contribution in [1.82, 2.24) is 10.0 Å². The molecule has 0 aromatic carbocycles. The summed E-state index contributed by atoms with van der Waals surface area (Å²) in [6, 6.07) is -0.980. The van der Waals surface area contributed by atoms with Gasteiger partial charge in [-0.15, -0.1) is 0 Å². The van der Waals surface area contributed by atoms with Crippen LogP contribution in [0.3, 0.4) is 0 Å². The fourth-order valence-corrected chi connectivity index (χ4v) is 2.72. The average molecular weight is 370 g/mol. The number of amides is 2. The van der Waals surface area contributed by atoms with Gasteiger partial charge in [-0.2, -0.15) is 0 Å². The van der Waals surface area contributed by atoms with Gasteiger partial charge in [0.2, 0.25) is 11.8 Å². The molecule has 0 spiro atoms. The molecule has 2 amide bonds. The lowest BCUT2D eigenvalue weighted by molar-refractivity contribution is -0.198. The van der Waals surface area contributed by atoms with Crippen LogP contribution in [0.1, 0.15) is 61.8 Å². The summed E-state index contributed by atoms with van der Waals surface area (Å²) >= 11 is 0. The van der Waals surface area contributed by atoms with Gasteiger partial charge in [-0.3, -0.25) is 14.4 Å². The number of esters is 2. The maximum Gasteiger partial charge on any atom is 0.331 e. The van der Waals surface area contributed by atoms with E-state index in [9.17, 15) is 19.2 Å². The Morgan fingerprint density at radius 3 is 1.96 bits per heavy atom. The van der Waals surface area contributed by atoms with Gasteiger partial charge in [0.25, 0.3) is 0 Å². The van der Waals surface area contributed by atoms with E-state index < -0.39 is 53.5 Å². The standard InChI is InChI=1S/C18H30N2O6/c1-11-9-13(22)19(10-14(23)25-17(3,4)5)20(12(2)21)15(11)16(24)26-18(6,7)8/h11,15H,9-10H2,1-8H3/t11-,15+/m1/s1. The first kappa shape index (κ1) is 21.9. The topological polar surface area (TPSA) is 93.2 Å². The molecular weight excluding hydrogens is 340 g/mol. The van der Waals surface area contributed by atoms with Crippen molar-refractivity contribution in [2.24, 2.45) is 5.92 Å². The zero-order valence-electron chi connectivity index (χ0n) is 16.9. The van der Waals surface area contributed by atoms with Crippen LogP contribution in [0.15, 0.2) is 0 Å². The highest BCUT2D eigenvalue weighted by Gasteiger charge is 2.46. The van der Waals surface area contributed by atoms with Gasteiger partial charge in [-0.1, -0.05) is 6.92 Å². The summed E-state index contributed by atoms with van der Waals surface area (Å²) in [5, 5.41) is 2.01. The summed E-state index contributed by atoms with van der Waals surface area (Å²) in [7, 11) is 0. The first-order chi connectivity index (χ1) is 11.6. The molecule has 8 nitrogen and oxygen atoms in total. The lowest BCUT2D eigenvalue weighted by Gasteiger charge is -2.45. The normalized spacial score (nSPS) is 21.5. The highest BCUT2D eigenvalue weighted by molar-refractivity contribution is 5.91. The highest BCUT2D eigenvalue weighted by atomic mass is 16.6. The van der Waals surface area contributed by atoms with Gasteiger partial charge in [-0.05, 0) is 47.5 Å². The number of carbonyl (C=O) groups excluding carboxylic acids is 4. The predicted octanol–water partition coefficient (Wildman–Crippen LogP) is 1.67. The largest absolute Gasteiger partial charge is 0.459 e. The monoisotopic (exact) mass is 370 g/mol. The molecule has 0 N–H and O–H groups in total. The molecule has 1 heterocycles. The van der Waals surface area contributed by atoms with Gasteiger partial charge in [0, 0.05) is 13.3 Å². The first-order valence-electron chi connectivity index (χ1n) is 8.67. The van der Waals surface area contributed by atoms with E-state index in [0.29, 0.717) is 0 Å². The fourth-order valence-electron chi connectivity index (χ4n) is 2.72. The molecule has 1 fully saturated rings. The van der Waals surface area contributed by atoms with Crippen molar-refractivity contribution >= 4 is 23.8 Å². The second kappa shape index (κ2) is 7.63. The van der Waals surface area contributed by atoms with Crippen molar-refractivity contribution in [2.75, 3.05) is 6.54 Å². The molecule has 2 atom stereocenters. The second-order valence-corrected chi connectivity index (χ2v) is 8.56. The Bertz CT molecular complexity index is 587. The molecule has 0 saturated carbocycles. The van der Waals surface area contributed by atoms with E-state index in [0.717, 1.165) is 10.0 Å². The van der Waals surface area contributed by atoms with E-state index in [2.05, 4.69) is 0 Å². The third-order valence-corrected chi connectivity index (χ3v) is 3.52. The van der Waals surface area contributed by atoms with Crippen LogP contribution < -0.4 is 0 Å². The quantitative estimate of drug-likeness (QED) is 0.702. The molecular formula is C18H30N2O6. The molecule has 1 aliphatic rings. The summed E-state index contributed by atoms with van der Waals surface area (Å²) < 4.78 is 10.6. The van der Waals surface area contributed by atoms with Crippen LogP contribution in [0.2, 0.25) is 0 Å². The zero-order valence-corrected chi connectivity index (χ0v) is 16.9. The summed E-state index contributed by atoms with van der Waals surface area (Å²) in [4.78, 5) is 49.5. The van der Waals surface area contributed by atoms with Crippen LogP contribution in [0.5, 0.6) is 0 Å². The van der Waals surface area contributed by atoms with Crippen LogP contribution in [-0.4, -0.2) is 57.6 Å². The minimum atomic E-state index is -0.980. The van der Waals surface area contributed by atoms with Crippen LogP contribution in [0.4, 0.5) is 0 Å². The van der Waals surface area contributed by atoms with Crippen molar-refractivity contribution in [3.05, 3.63) is 0 Å². The van der Waals surface area contributed by atoms with E-state index in [1.54, 1.807) is 48.5 Å². The molecule has 0 unspecified atom stereocenters. The lowest BCUT2D eigenvalue weighted by Crippen LogP contribution is -2.64. The SMILES string of the molecule is CC(=O)N1[C@H](C(=O)OC(C)(C)C)[C@H](C)CC(=O)N1CC(=O)OC(C)(C)C. The number of hydrogen-bond acceptors (Lipinski definition) is 6. The Hall–Kier alpha value is -2.12. The van der Waals surface area contributed by atoms with Gasteiger partial charge in [0.05, 0.1) is 0 Å². The number of hydrogen-bond donors (Lipinski definition) is 0. The van der Waals surface area contributed by atoms with E-state index in [1.807, 2.05) is 0 Å². The molecule has 8 heteroatoms. The molecule has 0 aromatic heterocycles. The van der Waals surface area contributed by atoms with Crippen molar-refractivity contribution in [1.29, 1.82) is 0 Å². The molecule has 0 aromatic rings. The molecule has 0 aliphatic carbocycles. The van der Waals surface area contributed by atoms with Gasteiger partial charge in [-0.25, -0.2) is 14.8 Å². The maximum atomic E-state index is 12.6. The van der Waals surface area contributed by atoms with E-state index in [1.165, 1.54) is 6.92 Å². The molecule has 26 heavy (non-hydrogen) atoms. The summed E-state index contributed by atoms with van der Waals surface area (Å²) in [5.41, 5.74) is -1.47. The lowest BCUT2D eigenvalue weighted by atomic mass is 9.94. The second-order valence-electron chi connectivity index (χ2n) is 8.56. The predicted molar refractivity (Wildman–Crippen MR) is 93.5 cm³/mol. The molecule has 1 saturated heterocycles. The number of carbonyl (C=O) groups is 4. The van der Waals surface area contributed by atoms with Gasteiger partial charge in [0.1, 0.15) is 17.7 Å². The van der Waals surface area contributed by atoms with Crippen LogP contribution >= 0.6 is 0 Å². The molecule has 1 aliphatic heterocycles. The van der Waals surface area contributed by atoms with Crippen molar-refractivity contribution in [3.63, 3.8) is 0 Å². The first-order valence-corrected chi connectivity index (χ1v) is 8.67. The Balaban J connectivity index is 3.12. The molecule has 148 valence electrons. The number of nitrogens with zero attached hydrogens (tertiary/aromatic N) is 2. The molecule has 1 rings (SSSR count). The van der Waals surface area contributed by atoms with Crippen molar-refractivity contribution < 1.29 is 28.7 Å². The third kappa shape index (κ3) is 6.00. The van der Waals surface area contributed by atoms with Gasteiger partial charge in [0.15, 0.2) is 6.04 Å². The minimum Gasteiger partial charge on any atom is -0.459 e. The molecule has 0 bridgehead atoms. The summed E-state index contributed by atoms with van der Waals surface area (Å²) in [6.07, 6.45) is 0.0243. The zero-order chi connectivity index (χ0) is 20.4. The average Bonchev–Trinajstić information content (AvgIpc) is 2.36. The fraction of sp³-hybridized carbons (Fsp3) is 0.778. The van der Waals surface area contributed by atoms with E-state index >= 15 is 0 Å². The van der Waals surface area contributed by atoms with Crippen molar-refractivity contribution in [3.8, 4) is 0 Å². The Kier molecular flexibility index (Phi) is 6.44. The Morgan fingerprint density at radius 1 is 1.04 bits per heavy atom. The molecule has 0 radical (unpaired) electrons. The van der Waals surface area contributed by atoms with E-state index in [-0.39, 0.29) is 6.42 Å². The maximum absolute atomic E-state index is 12.6. The number of hydrazine groups is 1. The van der Waals surface area contributed by atoms with Gasteiger partial charge >= 0.3 is 11.9 Å². The Morgan fingerprint density at radius 2 is 1.54 bits per heavy atom. The number of ether oxygens (including phenoxy) is 2. The van der Waals surface area contributed by atoms with Gasteiger partial charge < -0.3 is 9.47 Å². The Labute approximate surface area is 154 Å². The third-order valence-electron chi connectivity index (χ3n) is 3.52. The minimum absolute atomic E-state index is 0.0243. The van der Waals surface area contributed by atoms with Crippen LogP contribution in [0.25, 0.3) is 0 Å². The smallest absolute Gasteiger partial charge is 0.331 e. The van der Waals surface area contributed by atoms with E-state index in [4.69, 9.17) is 9.47 Å². The summed E-state index contributed by atoms with van der Waals surface area (Å²) in [5.74, 6) is -2.64. The summed E-state index contributed by atoms with van der Waals surface area (Å²) in [6.45, 7) is 12.8. The number of rotatable bonds is 3. The van der Waals surface area contributed by atoms with Crippen LogP contribution in [-0.2, 0) is 28.7 Å². The van der Waals surface area contributed by atoms with Crippen LogP contribution in [0, 0.1) is 5.92 Å². The van der Waals surface area contributed by atoms with Crippen molar-refractivity contribution in [2.45, 2.75) is 79.1 Å².